The molecule has 0 aliphatic heterocycles. The van der Waals surface area contributed by atoms with Crippen molar-refractivity contribution in [1.82, 2.24) is 0 Å². The van der Waals surface area contributed by atoms with E-state index in [4.69, 9.17) is 0 Å². The topological polar surface area (TPSA) is 0 Å². The molecule has 0 saturated carbocycles. The summed E-state index contributed by atoms with van der Waals surface area (Å²) in [6.07, 6.45) is 10.8. The number of fused-ring (bicyclic) bond motifs is 2. The maximum atomic E-state index is 2.32. The van der Waals surface area contributed by atoms with Crippen LogP contribution in [0.5, 0.6) is 0 Å². The van der Waals surface area contributed by atoms with Gasteiger partial charge in [-0.05, 0) is 57.3 Å². The van der Waals surface area contributed by atoms with Crippen LogP contribution >= 0.6 is 0 Å². The first kappa shape index (κ1) is 13.6. The third kappa shape index (κ3) is 2.23. The van der Waals surface area contributed by atoms with Crippen molar-refractivity contribution in [3.63, 3.8) is 0 Å². The monoisotopic (exact) mass is 306 g/mol. The average molecular weight is 306 g/mol. The Labute approximate surface area is 142 Å². The second-order valence-corrected chi connectivity index (χ2v) is 6.67. The molecular formula is C24H18. The van der Waals surface area contributed by atoms with Crippen molar-refractivity contribution in [1.29, 1.82) is 0 Å². The molecule has 0 heteroatoms. The molecule has 114 valence electrons. The van der Waals surface area contributed by atoms with Gasteiger partial charge in [-0.15, -0.1) is 0 Å². The Hall–Kier alpha value is -2.86. The fourth-order valence-corrected chi connectivity index (χ4v) is 3.65. The number of hydrogen-bond donors (Lipinski definition) is 0. The Morgan fingerprint density at radius 1 is 0.500 bits per heavy atom. The van der Waals surface area contributed by atoms with Crippen LogP contribution < -0.4 is 0 Å². The first-order chi connectivity index (χ1) is 11.9. The van der Waals surface area contributed by atoms with E-state index in [1.807, 2.05) is 0 Å². The highest BCUT2D eigenvalue weighted by molar-refractivity contribution is 5.87. The molecule has 2 aliphatic rings. The zero-order valence-corrected chi connectivity index (χ0v) is 13.5. The van der Waals surface area contributed by atoms with E-state index in [-0.39, 0.29) is 0 Å². The van der Waals surface area contributed by atoms with Crippen LogP contribution in [0, 0.1) is 0 Å². The zero-order valence-electron chi connectivity index (χ0n) is 13.5. The molecule has 0 atom stereocenters. The van der Waals surface area contributed by atoms with E-state index in [0.29, 0.717) is 0 Å². The molecule has 0 nitrogen and oxygen atoms in total. The Bertz CT molecular complexity index is 1000. The Morgan fingerprint density at radius 2 is 1.25 bits per heavy atom. The molecule has 3 aromatic carbocycles. The van der Waals surface area contributed by atoms with Gasteiger partial charge in [-0.1, -0.05) is 85.0 Å². The van der Waals surface area contributed by atoms with Gasteiger partial charge in [-0.2, -0.15) is 0 Å². The van der Waals surface area contributed by atoms with E-state index in [1.165, 1.54) is 44.5 Å². The molecule has 0 heterocycles. The molecule has 0 aromatic heterocycles. The van der Waals surface area contributed by atoms with Gasteiger partial charge in [0.25, 0.3) is 0 Å². The highest BCUT2D eigenvalue weighted by Gasteiger charge is 2.13. The minimum Gasteiger partial charge on any atom is -0.0620 e. The van der Waals surface area contributed by atoms with E-state index < -0.39 is 0 Å². The fourth-order valence-electron chi connectivity index (χ4n) is 3.65. The molecule has 5 rings (SSSR count). The molecule has 3 aromatic rings. The second kappa shape index (κ2) is 5.35. The van der Waals surface area contributed by atoms with Crippen molar-refractivity contribution in [3.8, 4) is 0 Å². The molecule has 0 N–H and O–H groups in total. The van der Waals surface area contributed by atoms with Crippen molar-refractivity contribution in [3.05, 3.63) is 105 Å². The molecular weight excluding hydrogens is 288 g/mol. The number of hydrogen-bond acceptors (Lipinski definition) is 0. The molecule has 0 amide bonds. The number of benzene rings is 3. The smallest absolute Gasteiger partial charge is 0.00168 e. The molecule has 0 bridgehead atoms. The SMILES string of the molecule is C1=Cc2cc(Cc3ccccc3Cc3cccc4c3C=C4)ccc21. The van der Waals surface area contributed by atoms with Gasteiger partial charge in [-0.3, -0.25) is 0 Å². The lowest BCUT2D eigenvalue weighted by molar-refractivity contribution is 1.08. The van der Waals surface area contributed by atoms with Crippen LogP contribution in [0.3, 0.4) is 0 Å². The maximum Gasteiger partial charge on any atom is -0.00168 e. The minimum atomic E-state index is 1.00. The maximum absolute atomic E-state index is 2.32. The van der Waals surface area contributed by atoms with Gasteiger partial charge in [0.05, 0.1) is 0 Å². The van der Waals surface area contributed by atoms with Crippen LogP contribution in [-0.4, -0.2) is 0 Å². The van der Waals surface area contributed by atoms with Gasteiger partial charge >= 0.3 is 0 Å². The summed E-state index contributed by atoms with van der Waals surface area (Å²) in [6, 6.07) is 22.3. The molecule has 24 heavy (non-hydrogen) atoms. The summed E-state index contributed by atoms with van der Waals surface area (Å²) in [5, 5.41) is 0. The lowest BCUT2D eigenvalue weighted by Crippen LogP contribution is -2.02. The van der Waals surface area contributed by atoms with Crippen molar-refractivity contribution in [2.75, 3.05) is 0 Å². The minimum absolute atomic E-state index is 1.00. The summed E-state index contributed by atoms with van der Waals surface area (Å²) in [6.45, 7) is 0. The molecule has 0 unspecified atom stereocenters. The first-order valence-electron chi connectivity index (χ1n) is 8.54. The lowest BCUT2D eigenvalue weighted by atomic mass is 9.87. The van der Waals surface area contributed by atoms with E-state index in [0.717, 1.165) is 12.8 Å². The van der Waals surface area contributed by atoms with Crippen LogP contribution in [0.1, 0.15) is 44.5 Å². The normalized spacial score (nSPS) is 13.0. The van der Waals surface area contributed by atoms with E-state index in [1.54, 1.807) is 0 Å². The van der Waals surface area contributed by atoms with Crippen molar-refractivity contribution in [2.24, 2.45) is 0 Å². The van der Waals surface area contributed by atoms with Crippen LogP contribution in [-0.2, 0) is 12.8 Å². The Balaban J connectivity index is 1.45. The number of rotatable bonds is 4. The Kier molecular flexibility index (Phi) is 3.02. The summed E-state index contributed by atoms with van der Waals surface area (Å²) in [4.78, 5) is 0. The highest BCUT2D eigenvalue weighted by Crippen LogP contribution is 2.30. The molecule has 0 saturated heterocycles. The molecule has 0 fully saturated rings. The van der Waals surface area contributed by atoms with Gasteiger partial charge < -0.3 is 0 Å². The van der Waals surface area contributed by atoms with E-state index in [9.17, 15) is 0 Å². The predicted molar refractivity (Wildman–Crippen MR) is 103 cm³/mol. The van der Waals surface area contributed by atoms with Gasteiger partial charge in [0.15, 0.2) is 0 Å². The van der Waals surface area contributed by atoms with E-state index >= 15 is 0 Å². The molecule has 2 aliphatic carbocycles. The molecule has 0 spiro atoms. The lowest BCUT2D eigenvalue weighted by Gasteiger charge is -2.17. The zero-order chi connectivity index (χ0) is 15.9. The van der Waals surface area contributed by atoms with Gasteiger partial charge in [0.1, 0.15) is 0 Å². The standard InChI is InChI=1S/C24H18/c1-2-5-21(16-23-7-3-6-19-12-13-24(19)23)20(4-1)14-17-8-9-18-10-11-22(18)15-17/h1-13,15H,14,16H2. The van der Waals surface area contributed by atoms with Crippen LogP contribution in [0.4, 0.5) is 0 Å². The summed E-state index contributed by atoms with van der Waals surface area (Å²) >= 11 is 0. The highest BCUT2D eigenvalue weighted by atomic mass is 14.2. The van der Waals surface area contributed by atoms with Crippen LogP contribution in [0.25, 0.3) is 24.3 Å². The summed E-state index contributed by atoms with van der Waals surface area (Å²) < 4.78 is 0. The Morgan fingerprint density at radius 3 is 1.96 bits per heavy atom. The summed E-state index contributed by atoms with van der Waals surface area (Å²) in [7, 11) is 0. The van der Waals surface area contributed by atoms with Crippen LogP contribution in [0.15, 0.2) is 60.7 Å². The quantitative estimate of drug-likeness (QED) is 0.391. The first-order valence-corrected chi connectivity index (χ1v) is 8.54. The summed E-state index contributed by atoms with van der Waals surface area (Å²) in [5.74, 6) is 0. The summed E-state index contributed by atoms with van der Waals surface area (Å²) in [5.41, 5.74) is 11.2. The van der Waals surface area contributed by atoms with Crippen molar-refractivity contribution >= 4 is 24.3 Å². The van der Waals surface area contributed by atoms with Gasteiger partial charge in [-0.25, -0.2) is 0 Å². The predicted octanol–water partition coefficient (Wildman–Crippen LogP) is 5.84. The van der Waals surface area contributed by atoms with Crippen molar-refractivity contribution < 1.29 is 0 Å². The van der Waals surface area contributed by atoms with Crippen molar-refractivity contribution in [2.45, 2.75) is 12.8 Å². The average Bonchev–Trinajstić information content (AvgIpc) is 2.54. The molecule has 0 radical (unpaired) electrons. The third-order valence-corrected chi connectivity index (χ3v) is 5.15. The van der Waals surface area contributed by atoms with E-state index in [2.05, 4.69) is 85.0 Å². The third-order valence-electron chi connectivity index (χ3n) is 5.15. The van der Waals surface area contributed by atoms with Crippen LogP contribution in [0.2, 0.25) is 0 Å². The largest absolute Gasteiger partial charge is 0.0620 e. The second-order valence-electron chi connectivity index (χ2n) is 6.67. The van der Waals surface area contributed by atoms with Gasteiger partial charge in [0, 0.05) is 0 Å². The van der Waals surface area contributed by atoms with Gasteiger partial charge in [0.2, 0.25) is 0 Å². The fraction of sp³-hybridized carbons (Fsp3) is 0.0833.